The molecule has 1 aliphatic heterocycles. The number of benzene rings is 4. The first-order valence-electron chi connectivity index (χ1n) is 16.9. The Labute approximate surface area is 295 Å². The second kappa shape index (κ2) is 14.4. The minimum Gasteiger partial charge on any atom is -0.493 e. The van der Waals surface area contributed by atoms with Crippen LogP contribution in [0.2, 0.25) is 5.04 Å². The number of carbonyl (C=O) groups is 1. The Morgan fingerprint density at radius 2 is 1.36 bits per heavy atom. The molecular weight excluding hydrogens is 653 g/mol. The van der Waals surface area contributed by atoms with Crippen molar-refractivity contribution >= 4 is 24.7 Å². The van der Waals surface area contributed by atoms with Crippen molar-refractivity contribution in [1.29, 1.82) is 0 Å². The van der Waals surface area contributed by atoms with Gasteiger partial charge in [0.25, 0.3) is 8.32 Å². The van der Waals surface area contributed by atoms with Crippen molar-refractivity contribution in [3.05, 3.63) is 102 Å². The van der Waals surface area contributed by atoms with Crippen molar-refractivity contribution in [2.45, 2.75) is 44.8 Å². The van der Waals surface area contributed by atoms with Gasteiger partial charge in [0, 0.05) is 18.4 Å². The highest BCUT2D eigenvalue weighted by molar-refractivity contribution is 6.99. The molecule has 1 N–H and O–H groups in total. The van der Waals surface area contributed by atoms with Crippen molar-refractivity contribution in [2.75, 3.05) is 41.3 Å². The van der Waals surface area contributed by atoms with Gasteiger partial charge in [-0.1, -0.05) is 81.4 Å². The maximum atomic E-state index is 14.4. The van der Waals surface area contributed by atoms with Crippen molar-refractivity contribution in [1.82, 2.24) is 0 Å². The molecule has 10 heteroatoms. The standard InChI is InChI=1S/C40H46O9Si/c1-8-46-39(42)36-30(23-49-50(40(2,3)4,26-15-11-9-12-16-26)27-17-13-10-14-18-27)37(41)29-22-32-31(47-24-48-32)21-28(29)35(36)25-19-33(43-5)38(45-7)34(20-25)44-6/h9-22,30,35-37,41H,8,23-24H2,1-7H3/t30-,35+,36+,37-/m0/s1. The molecule has 4 atom stereocenters. The van der Waals surface area contributed by atoms with E-state index in [1.807, 2.05) is 60.7 Å². The summed E-state index contributed by atoms with van der Waals surface area (Å²) in [6, 6.07) is 28.0. The van der Waals surface area contributed by atoms with Crippen LogP contribution in [0.1, 0.15) is 56.4 Å². The lowest BCUT2D eigenvalue weighted by atomic mass is 9.65. The van der Waals surface area contributed by atoms with Crippen LogP contribution < -0.4 is 34.1 Å². The van der Waals surface area contributed by atoms with E-state index in [0.717, 1.165) is 21.5 Å². The summed E-state index contributed by atoms with van der Waals surface area (Å²) in [6.45, 7) is 8.70. The van der Waals surface area contributed by atoms with Crippen molar-refractivity contribution in [2.24, 2.45) is 11.8 Å². The fourth-order valence-electron chi connectivity index (χ4n) is 7.76. The maximum Gasteiger partial charge on any atom is 0.310 e. The Hall–Kier alpha value is -4.51. The number of esters is 1. The number of hydrogen-bond acceptors (Lipinski definition) is 9. The summed E-state index contributed by atoms with van der Waals surface area (Å²) in [5.41, 5.74) is 2.07. The molecule has 264 valence electrons. The van der Waals surface area contributed by atoms with Gasteiger partial charge in [-0.15, -0.1) is 0 Å². The van der Waals surface area contributed by atoms with Crippen LogP contribution in [-0.4, -0.2) is 60.7 Å². The number of methoxy groups -OCH3 is 3. The molecule has 0 spiro atoms. The van der Waals surface area contributed by atoms with Gasteiger partial charge in [0.1, 0.15) is 0 Å². The van der Waals surface area contributed by atoms with Gasteiger partial charge in [-0.2, -0.15) is 0 Å². The van der Waals surface area contributed by atoms with Crippen LogP contribution >= 0.6 is 0 Å². The SMILES string of the molecule is CCOC(=O)[C@H]1[C@H](c2cc(OC)c(OC)c(OC)c2)c2cc3c(cc2[C@H](O)[C@H]1CO[Si](c1ccccc1)(c1ccccc1)C(C)(C)C)OCO3. The van der Waals surface area contributed by atoms with Crippen LogP contribution in [0.15, 0.2) is 84.9 Å². The zero-order valence-corrected chi connectivity index (χ0v) is 30.7. The minimum absolute atomic E-state index is 0.0604. The minimum atomic E-state index is -3.06. The van der Waals surface area contributed by atoms with Crippen LogP contribution in [0.5, 0.6) is 28.7 Å². The first kappa shape index (κ1) is 35.3. The summed E-state index contributed by atoms with van der Waals surface area (Å²) in [7, 11) is 1.60. The molecule has 0 bridgehead atoms. The van der Waals surface area contributed by atoms with E-state index in [4.69, 9.17) is 32.8 Å². The molecule has 50 heavy (non-hydrogen) atoms. The smallest absolute Gasteiger partial charge is 0.310 e. The van der Waals surface area contributed by atoms with Crippen LogP contribution in [0, 0.1) is 11.8 Å². The first-order valence-corrected chi connectivity index (χ1v) is 18.8. The fraction of sp³-hybridized carbons (Fsp3) is 0.375. The van der Waals surface area contributed by atoms with Crippen LogP contribution in [0.25, 0.3) is 0 Å². The zero-order chi connectivity index (χ0) is 35.6. The normalized spacial score (nSPS) is 19.8. The molecule has 1 aliphatic carbocycles. The average Bonchev–Trinajstić information content (AvgIpc) is 3.59. The number of ether oxygens (including phenoxy) is 6. The third kappa shape index (κ3) is 6.10. The summed E-state index contributed by atoms with van der Waals surface area (Å²) < 4.78 is 41.9. The Morgan fingerprint density at radius 1 is 0.820 bits per heavy atom. The number of rotatable bonds is 11. The molecule has 0 amide bonds. The van der Waals surface area contributed by atoms with Gasteiger partial charge in [0.15, 0.2) is 23.0 Å². The molecule has 0 saturated carbocycles. The molecule has 0 radical (unpaired) electrons. The maximum absolute atomic E-state index is 14.4. The third-order valence-electron chi connectivity index (χ3n) is 9.97. The Balaban J connectivity index is 1.56. The number of carbonyl (C=O) groups excluding carboxylic acids is 1. The predicted molar refractivity (Wildman–Crippen MR) is 193 cm³/mol. The molecule has 4 aromatic rings. The molecule has 9 nitrogen and oxygen atoms in total. The topological polar surface area (TPSA) is 102 Å². The van der Waals surface area contributed by atoms with Crippen molar-refractivity contribution in [3.8, 4) is 28.7 Å². The van der Waals surface area contributed by atoms with Gasteiger partial charge >= 0.3 is 5.97 Å². The highest BCUT2D eigenvalue weighted by Crippen LogP contribution is 2.54. The van der Waals surface area contributed by atoms with E-state index >= 15 is 0 Å². The summed E-state index contributed by atoms with van der Waals surface area (Å²) in [6.07, 6.45) is -1.09. The van der Waals surface area contributed by atoms with E-state index in [2.05, 4.69) is 45.0 Å². The summed E-state index contributed by atoms with van der Waals surface area (Å²) in [5.74, 6) is -0.235. The van der Waals surface area contributed by atoms with E-state index in [1.54, 1.807) is 28.3 Å². The van der Waals surface area contributed by atoms with Gasteiger partial charge in [0.05, 0.1) is 40.0 Å². The van der Waals surface area contributed by atoms with Crippen LogP contribution in [0.4, 0.5) is 0 Å². The Kier molecular flexibility index (Phi) is 10.2. The van der Waals surface area contributed by atoms with E-state index in [-0.39, 0.29) is 25.0 Å². The number of fused-ring (bicyclic) bond motifs is 2. The lowest BCUT2D eigenvalue weighted by Gasteiger charge is -2.46. The Bertz CT molecular complexity index is 1740. The third-order valence-corrected chi connectivity index (χ3v) is 15.0. The quantitative estimate of drug-likeness (QED) is 0.150. The molecule has 6 rings (SSSR count). The Morgan fingerprint density at radius 3 is 1.84 bits per heavy atom. The molecule has 0 saturated heterocycles. The zero-order valence-electron chi connectivity index (χ0n) is 29.7. The summed E-state index contributed by atoms with van der Waals surface area (Å²) >= 11 is 0. The van der Waals surface area contributed by atoms with Gasteiger partial charge in [-0.3, -0.25) is 4.79 Å². The molecule has 0 unspecified atom stereocenters. The van der Waals surface area contributed by atoms with E-state index < -0.39 is 38.1 Å². The van der Waals surface area contributed by atoms with Gasteiger partial charge in [-0.25, -0.2) is 0 Å². The predicted octanol–water partition coefficient (Wildman–Crippen LogP) is 5.99. The van der Waals surface area contributed by atoms with Gasteiger partial charge in [-0.05, 0) is 63.3 Å². The molecular formula is C40H46O9Si. The van der Waals surface area contributed by atoms with Crippen molar-refractivity contribution in [3.63, 3.8) is 0 Å². The first-order chi connectivity index (χ1) is 24.1. The molecule has 1 heterocycles. The van der Waals surface area contributed by atoms with Crippen LogP contribution in [-0.2, 0) is 14.0 Å². The molecule has 0 fully saturated rings. The summed E-state index contributed by atoms with van der Waals surface area (Å²) in [5, 5.41) is 14.3. The lowest BCUT2D eigenvalue weighted by Crippen LogP contribution is -2.67. The summed E-state index contributed by atoms with van der Waals surface area (Å²) in [4.78, 5) is 14.4. The van der Waals surface area contributed by atoms with E-state index in [0.29, 0.717) is 34.3 Å². The highest BCUT2D eigenvalue weighted by Gasteiger charge is 2.54. The molecule has 4 aromatic carbocycles. The average molecular weight is 699 g/mol. The second-order valence-corrected chi connectivity index (χ2v) is 17.9. The van der Waals surface area contributed by atoms with E-state index in [9.17, 15) is 9.90 Å². The lowest BCUT2D eigenvalue weighted by molar-refractivity contribution is -0.154. The van der Waals surface area contributed by atoms with Crippen LogP contribution in [0.3, 0.4) is 0 Å². The second-order valence-electron chi connectivity index (χ2n) is 13.6. The molecule has 2 aliphatic rings. The largest absolute Gasteiger partial charge is 0.493 e. The highest BCUT2D eigenvalue weighted by atomic mass is 28.4. The number of hydrogen-bond donors (Lipinski definition) is 1. The number of aliphatic hydroxyl groups excluding tert-OH is 1. The van der Waals surface area contributed by atoms with Crippen molar-refractivity contribution < 1.29 is 42.7 Å². The number of aliphatic hydroxyl groups is 1. The van der Waals surface area contributed by atoms with Gasteiger partial charge < -0.3 is 38.0 Å². The monoisotopic (exact) mass is 698 g/mol. The fourth-order valence-corrected chi connectivity index (χ4v) is 12.4. The van der Waals surface area contributed by atoms with Gasteiger partial charge in [0.2, 0.25) is 12.5 Å². The molecule has 0 aromatic heterocycles. The van der Waals surface area contributed by atoms with E-state index in [1.165, 1.54) is 0 Å².